The third-order valence-electron chi connectivity index (χ3n) is 3.18. The number of aromatic nitrogens is 1. The lowest BCUT2D eigenvalue weighted by Crippen LogP contribution is -2.16. The van der Waals surface area contributed by atoms with Crippen LogP contribution in [-0.2, 0) is 12.0 Å². The first-order valence-electron chi connectivity index (χ1n) is 6.12. The van der Waals surface area contributed by atoms with E-state index in [1.54, 1.807) is 0 Å². The smallest absolute Gasteiger partial charge is 0.0981 e. The summed E-state index contributed by atoms with van der Waals surface area (Å²) in [6, 6.07) is 0. The molecule has 1 N–H and O–H groups in total. The quantitative estimate of drug-likeness (QED) is 0.871. The van der Waals surface area contributed by atoms with Crippen molar-refractivity contribution in [3.63, 3.8) is 0 Å². The Morgan fingerprint density at radius 1 is 1.50 bits per heavy atom. The minimum atomic E-state index is 0.188. The molecule has 1 heterocycles. The van der Waals surface area contributed by atoms with Gasteiger partial charge in [-0.15, -0.1) is 11.3 Å². The summed E-state index contributed by atoms with van der Waals surface area (Å²) in [5, 5.41) is 4.77. The van der Waals surface area contributed by atoms with Crippen molar-refractivity contribution in [1.29, 1.82) is 0 Å². The molecular weight excluding hydrogens is 216 g/mol. The summed E-state index contributed by atoms with van der Waals surface area (Å²) in [5.41, 5.74) is 0.188. The van der Waals surface area contributed by atoms with Gasteiger partial charge in [0.25, 0.3) is 0 Å². The van der Waals surface area contributed by atoms with E-state index in [1.165, 1.54) is 22.9 Å². The lowest BCUT2D eigenvalue weighted by atomic mass is 9.98. The number of hydrogen-bond acceptors (Lipinski definition) is 3. The first kappa shape index (κ1) is 12.1. The van der Waals surface area contributed by atoms with E-state index in [9.17, 15) is 0 Å². The largest absolute Gasteiger partial charge is 0.312 e. The van der Waals surface area contributed by atoms with Crippen LogP contribution >= 0.6 is 11.3 Å². The van der Waals surface area contributed by atoms with E-state index >= 15 is 0 Å². The molecule has 0 aromatic carbocycles. The highest BCUT2D eigenvalue weighted by molar-refractivity contribution is 7.11. The molecule has 3 heteroatoms. The number of rotatable bonds is 4. The Kier molecular flexibility index (Phi) is 3.36. The average molecular weight is 238 g/mol. The standard InChI is InChI=1S/C13H22N2S/c1-9-5-10(9)6-14-7-11-8-15-12(16-11)13(2,3)4/h8-10,14H,5-7H2,1-4H3. The molecule has 2 rings (SSSR count). The summed E-state index contributed by atoms with van der Waals surface area (Å²) in [5.74, 6) is 1.87. The van der Waals surface area contributed by atoms with Crippen LogP contribution in [0.1, 0.15) is 44.0 Å². The lowest BCUT2D eigenvalue weighted by Gasteiger charge is -2.13. The van der Waals surface area contributed by atoms with Gasteiger partial charge in [-0.2, -0.15) is 0 Å². The maximum atomic E-state index is 4.49. The van der Waals surface area contributed by atoms with Crippen LogP contribution in [0, 0.1) is 11.8 Å². The fourth-order valence-corrected chi connectivity index (χ4v) is 2.74. The van der Waals surface area contributed by atoms with Crippen LogP contribution in [0.2, 0.25) is 0 Å². The molecule has 0 amide bonds. The molecule has 1 aromatic heterocycles. The highest BCUT2D eigenvalue weighted by atomic mass is 32.1. The Bertz CT molecular complexity index is 351. The van der Waals surface area contributed by atoms with Gasteiger partial charge in [-0.05, 0) is 24.8 Å². The maximum Gasteiger partial charge on any atom is 0.0981 e. The Labute approximate surface area is 102 Å². The molecular formula is C13H22N2S. The molecule has 90 valence electrons. The van der Waals surface area contributed by atoms with Gasteiger partial charge in [0.2, 0.25) is 0 Å². The summed E-state index contributed by atoms with van der Waals surface area (Å²) in [6.45, 7) is 11.1. The summed E-state index contributed by atoms with van der Waals surface area (Å²) in [4.78, 5) is 5.85. The van der Waals surface area contributed by atoms with Gasteiger partial charge < -0.3 is 5.32 Å². The maximum absolute atomic E-state index is 4.49. The van der Waals surface area contributed by atoms with Crippen LogP contribution in [0.5, 0.6) is 0 Å². The van der Waals surface area contributed by atoms with Gasteiger partial charge in [0.15, 0.2) is 0 Å². The summed E-state index contributed by atoms with van der Waals surface area (Å²) in [6.07, 6.45) is 3.43. The van der Waals surface area contributed by atoms with Crippen LogP contribution in [0.3, 0.4) is 0 Å². The Morgan fingerprint density at radius 3 is 2.69 bits per heavy atom. The molecule has 1 saturated carbocycles. The fourth-order valence-electron chi connectivity index (χ4n) is 1.80. The van der Waals surface area contributed by atoms with E-state index in [2.05, 4.69) is 38.0 Å². The third-order valence-corrected chi connectivity index (χ3v) is 4.60. The molecule has 0 aliphatic heterocycles. The summed E-state index contributed by atoms with van der Waals surface area (Å²) < 4.78 is 0. The fraction of sp³-hybridized carbons (Fsp3) is 0.769. The van der Waals surface area contributed by atoms with Crippen LogP contribution in [-0.4, -0.2) is 11.5 Å². The van der Waals surface area contributed by atoms with Crippen molar-refractivity contribution in [3.05, 3.63) is 16.1 Å². The molecule has 0 saturated heterocycles. The van der Waals surface area contributed by atoms with Crippen LogP contribution in [0.15, 0.2) is 6.20 Å². The van der Waals surface area contributed by atoms with E-state index in [-0.39, 0.29) is 5.41 Å². The molecule has 0 spiro atoms. The van der Waals surface area contributed by atoms with Crippen LogP contribution in [0.25, 0.3) is 0 Å². The number of hydrogen-bond donors (Lipinski definition) is 1. The topological polar surface area (TPSA) is 24.9 Å². The Morgan fingerprint density at radius 2 is 2.19 bits per heavy atom. The number of nitrogens with one attached hydrogen (secondary N) is 1. The minimum Gasteiger partial charge on any atom is -0.312 e. The van der Waals surface area contributed by atoms with Crippen molar-refractivity contribution in [2.45, 2.75) is 46.1 Å². The highest BCUT2D eigenvalue weighted by Crippen LogP contribution is 2.36. The monoisotopic (exact) mass is 238 g/mol. The first-order valence-corrected chi connectivity index (χ1v) is 6.94. The molecule has 2 unspecified atom stereocenters. The molecule has 2 atom stereocenters. The number of thiazole rings is 1. The van der Waals surface area contributed by atoms with E-state index in [0.717, 1.165) is 18.4 Å². The van der Waals surface area contributed by atoms with Gasteiger partial charge in [0.1, 0.15) is 0 Å². The predicted octanol–water partition coefficient (Wildman–Crippen LogP) is 3.19. The van der Waals surface area contributed by atoms with Crippen LogP contribution < -0.4 is 5.32 Å². The van der Waals surface area contributed by atoms with Crippen LogP contribution in [0.4, 0.5) is 0 Å². The highest BCUT2D eigenvalue weighted by Gasteiger charge is 2.31. The zero-order valence-electron chi connectivity index (χ0n) is 10.7. The van der Waals surface area contributed by atoms with Crippen molar-refractivity contribution in [2.24, 2.45) is 11.8 Å². The average Bonchev–Trinajstić information content (AvgIpc) is 2.69. The van der Waals surface area contributed by atoms with Crippen molar-refractivity contribution in [3.8, 4) is 0 Å². The molecule has 2 nitrogen and oxygen atoms in total. The Hall–Kier alpha value is -0.410. The normalized spacial score (nSPS) is 24.8. The molecule has 1 aliphatic rings. The first-order chi connectivity index (χ1) is 7.47. The molecule has 1 aliphatic carbocycles. The second-order valence-corrected chi connectivity index (χ2v) is 7.10. The van der Waals surface area contributed by atoms with E-state index in [0.29, 0.717) is 0 Å². The second-order valence-electron chi connectivity index (χ2n) is 5.99. The molecule has 0 bridgehead atoms. The predicted molar refractivity (Wildman–Crippen MR) is 69.8 cm³/mol. The molecule has 1 fully saturated rings. The lowest BCUT2D eigenvalue weighted by molar-refractivity contribution is 0.585. The second kappa shape index (κ2) is 4.46. The molecule has 16 heavy (non-hydrogen) atoms. The van der Waals surface area contributed by atoms with Crippen molar-refractivity contribution in [1.82, 2.24) is 10.3 Å². The van der Waals surface area contributed by atoms with Crippen molar-refractivity contribution in [2.75, 3.05) is 6.54 Å². The van der Waals surface area contributed by atoms with Gasteiger partial charge in [0.05, 0.1) is 5.01 Å². The van der Waals surface area contributed by atoms with Crippen molar-refractivity contribution < 1.29 is 0 Å². The third kappa shape index (κ3) is 3.05. The summed E-state index contributed by atoms with van der Waals surface area (Å²) >= 11 is 1.84. The zero-order chi connectivity index (χ0) is 11.8. The van der Waals surface area contributed by atoms with Gasteiger partial charge in [-0.25, -0.2) is 4.98 Å². The number of nitrogens with zero attached hydrogens (tertiary/aromatic N) is 1. The summed E-state index contributed by atoms with van der Waals surface area (Å²) in [7, 11) is 0. The minimum absolute atomic E-state index is 0.188. The van der Waals surface area contributed by atoms with E-state index in [1.807, 2.05) is 17.5 Å². The van der Waals surface area contributed by atoms with E-state index < -0.39 is 0 Å². The Balaban J connectivity index is 1.79. The van der Waals surface area contributed by atoms with Gasteiger partial charge >= 0.3 is 0 Å². The van der Waals surface area contributed by atoms with Gasteiger partial charge in [0, 0.05) is 23.0 Å². The van der Waals surface area contributed by atoms with Gasteiger partial charge in [-0.3, -0.25) is 0 Å². The SMILES string of the molecule is CC1CC1CNCc1cnc(C(C)(C)C)s1. The van der Waals surface area contributed by atoms with Gasteiger partial charge in [-0.1, -0.05) is 27.7 Å². The van der Waals surface area contributed by atoms with Crippen molar-refractivity contribution >= 4 is 11.3 Å². The zero-order valence-corrected chi connectivity index (χ0v) is 11.5. The molecule has 0 radical (unpaired) electrons. The molecule has 1 aromatic rings. The van der Waals surface area contributed by atoms with E-state index in [4.69, 9.17) is 0 Å².